The monoisotopic (exact) mass is 308 g/mol. The molecule has 1 aliphatic heterocycles. The van der Waals surface area contributed by atoms with Crippen molar-refractivity contribution in [2.75, 3.05) is 11.4 Å². The number of benzene rings is 2. The van der Waals surface area contributed by atoms with Gasteiger partial charge in [0.25, 0.3) is 0 Å². The van der Waals surface area contributed by atoms with Crippen molar-refractivity contribution in [3.63, 3.8) is 0 Å². The van der Waals surface area contributed by atoms with E-state index < -0.39 is 0 Å². The Morgan fingerprint density at radius 3 is 2.70 bits per heavy atom. The van der Waals surface area contributed by atoms with Crippen LogP contribution in [0.1, 0.15) is 41.1 Å². The third-order valence-corrected chi connectivity index (χ3v) is 4.62. The number of rotatable bonds is 3. The van der Waals surface area contributed by atoms with Crippen molar-refractivity contribution in [1.82, 2.24) is 0 Å². The molecule has 0 bridgehead atoms. The molecule has 2 N–H and O–H groups in total. The zero-order valence-corrected chi connectivity index (χ0v) is 13.9. The Labute approximate surface area is 138 Å². The molecule has 1 atom stereocenters. The molecule has 1 amide bonds. The number of amides is 1. The quantitative estimate of drug-likeness (QED) is 0.940. The van der Waals surface area contributed by atoms with Crippen LogP contribution in [0.2, 0.25) is 0 Å². The molecule has 3 heteroatoms. The van der Waals surface area contributed by atoms with Crippen molar-refractivity contribution in [1.29, 1.82) is 0 Å². The second-order valence-electron chi connectivity index (χ2n) is 6.45. The van der Waals surface area contributed by atoms with Crippen LogP contribution in [0.5, 0.6) is 0 Å². The van der Waals surface area contributed by atoms with Crippen molar-refractivity contribution in [3.05, 3.63) is 64.7 Å². The number of carbonyl (C=O) groups excluding carboxylic acids is 1. The van der Waals surface area contributed by atoms with Gasteiger partial charge in [-0.2, -0.15) is 0 Å². The smallest absolute Gasteiger partial charge is 0.228 e. The fourth-order valence-corrected chi connectivity index (χ4v) is 3.45. The summed E-state index contributed by atoms with van der Waals surface area (Å²) in [7, 11) is 0. The average Bonchev–Trinajstić information content (AvgIpc) is 2.55. The van der Waals surface area contributed by atoms with Crippen LogP contribution in [-0.2, 0) is 11.2 Å². The van der Waals surface area contributed by atoms with E-state index in [4.69, 9.17) is 5.73 Å². The first-order valence-electron chi connectivity index (χ1n) is 8.27. The molecule has 3 nitrogen and oxygen atoms in total. The summed E-state index contributed by atoms with van der Waals surface area (Å²) in [6, 6.07) is 13.9. The molecule has 1 heterocycles. The standard InChI is InChI=1S/C20H24N2O/c1-14-11-15(2)17-9-6-10-22(19(17)12-14)20(23)13-18(21)16-7-4-3-5-8-16/h3-5,7-8,11-12,18H,6,9-10,13,21H2,1-2H3. The molecule has 0 radical (unpaired) electrons. The van der Waals surface area contributed by atoms with Crippen molar-refractivity contribution >= 4 is 11.6 Å². The predicted octanol–water partition coefficient (Wildman–Crippen LogP) is 3.67. The maximum absolute atomic E-state index is 12.8. The Bertz CT molecular complexity index is 709. The van der Waals surface area contributed by atoms with Gasteiger partial charge in [-0.15, -0.1) is 0 Å². The number of anilines is 1. The summed E-state index contributed by atoms with van der Waals surface area (Å²) in [5.41, 5.74) is 12.1. The van der Waals surface area contributed by atoms with Crippen molar-refractivity contribution in [2.24, 2.45) is 5.73 Å². The molecule has 0 aromatic heterocycles. The molecule has 2 aromatic carbocycles. The van der Waals surface area contributed by atoms with Crippen molar-refractivity contribution in [2.45, 2.75) is 39.2 Å². The van der Waals surface area contributed by atoms with Crippen LogP contribution in [0.4, 0.5) is 5.69 Å². The van der Waals surface area contributed by atoms with Crippen molar-refractivity contribution in [3.8, 4) is 0 Å². The summed E-state index contributed by atoms with van der Waals surface area (Å²) in [6.07, 6.45) is 2.41. The number of carbonyl (C=O) groups is 1. The molecule has 0 spiro atoms. The first-order valence-corrected chi connectivity index (χ1v) is 8.27. The zero-order valence-electron chi connectivity index (χ0n) is 13.9. The topological polar surface area (TPSA) is 46.3 Å². The van der Waals surface area contributed by atoms with Gasteiger partial charge in [-0.05, 0) is 55.0 Å². The van der Waals surface area contributed by atoms with Crippen LogP contribution >= 0.6 is 0 Å². The van der Waals surface area contributed by atoms with Gasteiger partial charge in [-0.1, -0.05) is 36.4 Å². The number of nitrogens with zero attached hydrogens (tertiary/aromatic N) is 1. The molecule has 3 rings (SSSR count). The molecular weight excluding hydrogens is 284 g/mol. The summed E-state index contributed by atoms with van der Waals surface area (Å²) in [4.78, 5) is 14.7. The first-order chi connectivity index (χ1) is 11.1. The zero-order chi connectivity index (χ0) is 16.4. The third-order valence-electron chi connectivity index (χ3n) is 4.62. The van der Waals surface area contributed by atoms with E-state index in [0.29, 0.717) is 6.42 Å². The van der Waals surface area contributed by atoms with Gasteiger partial charge in [-0.25, -0.2) is 0 Å². The summed E-state index contributed by atoms with van der Waals surface area (Å²) in [5, 5.41) is 0. The fourth-order valence-electron chi connectivity index (χ4n) is 3.45. The van der Waals surface area contributed by atoms with E-state index in [1.54, 1.807) is 0 Å². The van der Waals surface area contributed by atoms with Crippen LogP contribution in [-0.4, -0.2) is 12.5 Å². The van der Waals surface area contributed by atoms with Gasteiger partial charge < -0.3 is 10.6 Å². The first kappa shape index (κ1) is 15.8. The molecule has 0 saturated heterocycles. The predicted molar refractivity (Wildman–Crippen MR) is 94.6 cm³/mol. The largest absolute Gasteiger partial charge is 0.324 e. The van der Waals surface area contributed by atoms with E-state index in [2.05, 4.69) is 26.0 Å². The number of hydrogen-bond acceptors (Lipinski definition) is 2. The maximum atomic E-state index is 12.8. The number of nitrogens with two attached hydrogens (primary N) is 1. The fraction of sp³-hybridized carbons (Fsp3) is 0.350. The Morgan fingerprint density at radius 2 is 1.96 bits per heavy atom. The molecule has 0 aliphatic carbocycles. The van der Waals surface area contributed by atoms with Crippen LogP contribution in [0, 0.1) is 13.8 Å². The number of fused-ring (bicyclic) bond motifs is 1. The van der Waals surface area contributed by atoms with Crippen LogP contribution in [0.3, 0.4) is 0 Å². The van der Waals surface area contributed by atoms with Gasteiger partial charge in [0.2, 0.25) is 5.91 Å². The van der Waals surface area contributed by atoms with Gasteiger partial charge in [0.1, 0.15) is 0 Å². The highest BCUT2D eigenvalue weighted by Crippen LogP contribution is 2.32. The lowest BCUT2D eigenvalue weighted by Gasteiger charge is -2.32. The van der Waals surface area contributed by atoms with E-state index >= 15 is 0 Å². The van der Waals surface area contributed by atoms with Crippen LogP contribution < -0.4 is 10.6 Å². The second-order valence-corrected chi connectivity index (χ2v) is 6.45. The Balaban J connectivity index is 1.82. The molecule has 0 saturated carbocycles. The molecule has 23 heavy (non-hydrogen) atoms. The summed E-state index contributed by atoms with van der Waals surface area (Å²) >= 11 is 0. The Hall–Kier alpha value is -2.13. The lowest BCUT2D eigenvalue weighted by atomic mass is 9.94. The van der Waals surface area contributed by atoms with E-state index in [9.17, 15) is 4.79 Å². The normalized spacial score (nSPS) is 15.2. The van der Waals surface area contributed by atoms with Crippen molar-refractivity contribution < 1.29 is 4.79 Å². The lowest BCUT2D eigenvalue weighted by molar-refractivity contribution is -0.119. The lowest BCUT2D eigenvalue weighted by Crippen LogP contribution is -2.37. The molecule has 120 valence electrons. The van der Waals surface area contributed by atoms with Gasteiger partial charge in [0, 0.05) is 24.7 Å². The van der Waals surface area contributed by atoms with Gasteiger partial charge in [0.05, 0.1) is 0 Å². The van der Waals surface area contributed by atoms with Gasteiger partial charge in [-0.3, -0.25) is 4.79 Å². The van der Waals surface area contributed by atoms with E-state index in [0.717, 1.165) is 30.6 Å². The molecule has 0 fully saturated rings. The number of aryl methyl sites for hydroxylation is 2. The SMILES string of the molecule is Cc1cc(C)c2c(c1)N(C(=O)CC(N)c1ccccc1)CCC2. The second kappa shape index (κ2) is 6.55. The Kier molecular flexibility index (Phi) is 4.49. The minimum atomic E-state index is -0.250. The van der Waals surface area contributed by atoms with E-state index in [1.807, 2.05) is 35.2 Å². The molecule has 1 aliphatic rings. The van der Waals surface area contributed by atoms with Crippen LogP contribution in [0.15, 0.2) is 42.5 Å². The molecule has 2 aromatic rings. The molecular formula is C20H24N2O. The summed E-state index contributed by atoms with van der Waals surface area (Å²) in [6.45, 7) is 5.01. The Morgan fingerprint density at radius 1 is 1.22 bits per heavy atom. The highest BCUT2D eigenvalue weighted by molar-refractivity contribution is 5.95. The van der Waals surface area contributed by atoms with E-state index in [1.165, 1.54) is 16.7 Å². The summed E-state index contributed by atoms with van der Waals surface area (Å²) < 4.78 is 0. The van der Waals surface area contributed by atoms with E-state index in [-0.39, 0.29) is 11.9 Å². The minimum absolute atomic E-state index is 0.118. The highest BCUT2D eigenvalue weighted by atomic mass is 16.2. The van der Waals surface area contributed by atoms with Crippen LogP contribution in [0.25, 0.3) is 0 Å². The number of hydrogen-bond donors (Lipinski definition) is 1. The van der Waals surface area contributed by atoms with Gasteiger partial charge in [0.15, 0.2) is 0 Å². The summed E-state index contributed by atoms with van der Waals surface area (Å²) in [5.74, 6) is 0.118. The highest BCUT2D eigenvalue weighted by Gasteiger charge is 2.25. The average molecular weight is 308 g/mol. The minimum Gasteiger partial charge on any atom is -0.324 e. The maximum Gasteiger partial charge on any atom is 0.228 e. The van der Waals surface area contributed by atoms with Gasteiger partial charge >= 0.3 is 0 Å². The molecule has 1 unspecified atom stereocenters. The third kappa shape index (κ3) is 3.30.